The molecule has 0 radical (unpaired) electrons. The van der Waals surface area contributed by atoms with Crippen molar-refractivity contribution in [3.63, 3.8) is 0 Å². The third kappa shape index (κ3) is 4.04. The predicted octanol–water partition coefficient (Wildman–Crippen LogP) is 2.66. The van der Waals surface area contributed by atoms with E-state index in [1.807, 2.05) is 0 Å². The largest absolute Gasteiger partial charge is 0.407 e. The molecule has 0 aliphatic carbocycles. The van der Waals surface area contributed by atoms with E-state index in [4.69, 9.17) is 4.42 Å². The molecule has 2 rings (SSSR count). The van der Waals surface area contributed by atoms with E-state index in [0.29, 0.717) is 18.5 Å². The van der Waals surface area contributed by atoms with Crippen LogP contribution in [0.3, 0.4) is 0 Å². The summed E-state index contributed by atoms with van der Waals surface area (Å²) in [5.74, 6) is 0.646. The molecule has 0 spiro atoms. The fraction of sp³-hybridized carbons (Fsp3) is 0.538. The molecule has 19 heavy (non-hydrogen) atoms. The monoisotopic (exact) mass is 280 g/mol. The number of aromatic nitrogens is 2. The highest BCUT2D eigenvalue weighted by Gasteiger charge is 2.13. The molecule has 0 bridgehead atoms. The smallest absolute Gasteiger partial charge is 0.318 e. The SMILES string of the molecule is CCCNCc1nnc(N(CC)Cc2cccs2)o1. The van der Waals surface area contributed by atoms with Crippen LogP contribution in [-0.4, -0.2) is 23.3 Å². The van der Waals surface area contributed by atoms with Gasteiger partial charge >= 0.3 is 6.01 Å². The molecule has 0 aromatic carbocycles. The zero-order valence-electron chi connectivity index (χ0n) is 11.4. The van der Waals surface area contributed by atoms with Crippen LogP contribution in [0.25, 0.3) is 0 Å². The van der Waals surface area contributed by atoms with E-state index in [1.165, 1.54) is 4.88 Å². The van der Waals surface area contributed by atoms with Gasteiger partial charge in [0.25, 0.3) is 0 Å². The van der Waals surface area contributed by atoms with Crippen molar-refractivity contribution in [2.45, 2.75) is 33.4 Å². The van der Waals surface area contributed by atoms with Crippen LogP contribution in [0.5, 0.6) is 0 Å². The Hall–Kier alpha value is -1.40. The fourth-order valence-corrected chi connectivity index (χ4v) is 2.44. The van der Waals surface area contributed by atoms with Gasteiger partial charge in [-0.15, -0.1) is 16.4 Å². The van der Waals surface area contributed by atoms with Gasteiger partial charge < -0.3 is 14.6 Å². The zero-order chi connectivity index (χ0) is 13.5. The van der Waals surface area contributed by atoms with E-state index in [2.05, 4.69) is 51.8 Å². The molecule has 104 valence electrons. The maximum absolute atomic E-state index is 5.68. The summed E-state index contributed by atoms with van der Waals surface area (Å²) in [5, 5.41) is 13.5. The van der Waals surface area contributed by atoms with Gasteiger partial charge in [-0.1, -0.05) is 18.1 Å². The van der Waals surface area contributed by atoms with Crippen LogP contribution in [-0.2, 0) is 13.1 Å². The van der Waals surface area contributed by atoms with Gasteiger partial charge in [-0.3, -0.25) is 0 Å². The molecular formula is C13H20N4OS. The molecule has 5 nitrogen and oxygen atoms in total. The summed E-state index contributed by atoms with van der Waals surface area (Å²) in [6.07, 6.45) is 1.10. The number of rotatable bonds is 8. The topological polar surface area (TPSA) is 54.2 Å². The number of hydrogen-bond acceptors (Lipinski definition) is 6. The molecule has 2 heterocycles. The first-order chi connectivity index (χ1) is 9.33. The molecule has 1 N–H and O–H groups in total. The van der Waals surface area contributed by atoms with E-state index in [1.54, 1.807) is 11.3 Å². The van der Waals surface area contributed by atoms with Crippen molar-refractivity contribution in [2.24, 2.45) is 0 Å². The summed E-state index contributed by atoms with van der Waals surface area (Å²) in [6, 6.07) is 4.78. The van der Waals surface area contributed by atoms with Crippen molar-refractivity contribution in [3.8, 4) is 0 Å². The Kier molecular flexibility index (Phi) is 5.35. The Morgan fingerprint density at radius 3 is 2.95 bits per heavy atom. The molecule has 0 fully saturated rings. The average molecular weight is 280 g/mol. The summed E-state index contributed by atoms with van der Waals surface area (Å²) in [7, 11) is 0. The predicted molar refractivity (Wildman–Crippen MR) is 77.3 cm³/mol. The number of thiophene rings is 1. The molecule has 0 aliphatic heterocycles. The summed E-state index contributed by atoms with van der Waals surface area (Å²) in [6.45, 7) is 7.49. The molecule has 2 aromatic rings. The van der Waals surface area contributed by atoms with E-state index < -0.39 is 0 Å². The van der Waals surface area contributed by atoms with Gasteiger partial charge in [0.05, 0.1) is 13.1 Å². The Morgan fingerprint density at radius 1 is 1.37 bits per heavy atom. The van der Waals surface area contributed by atoms with Gasteiger partial charge in [-0.25, -0.2) is 0 Å². The van der Waals surface area contributed by atoms with Crippen molar-refractivity contribution < 1.29 is 4.42 Å². The van der Waals surface area contributed by atoms with Crippen molar-refractivity contribution >= 4 is 17.4 Å². The molecule has 0 aliphatic rings. The lowest BCUT2D eigenvalue weighted by atomic mass is 10.4. The number of nitrogens with zero attached hydrogens (tertiary/aromatic N) is 3. The van der Waals surface area contributed by atoms with Gasteiger partial charge in [-0.2, -0.15) is 0 Å². The minimum atomic E-state index is 0.601. The zero-order valence-corrected chi connectivity index (χ0v) is 12.2. The molecular weight excluding hydrogens is 260 g/mol. The maximum atomic E-state index is 5.68. The molecule has 0 saturated heterocycles. The highest BCUT2D eigenvalue weighted by Crippen LogP contribution is 2.18. The summed E-state index contributed by atoms with van der Waals surface area (Å²) in [5.41, 5.74) is 0. The van der Waals surface area contributed by atoms with Crippen LogP contribution >= 0.6 is 11.3 Å². The number of nitrogens with one attached hydrogen (secondary N) is 1. The van der Waals surface area contributed by atoms with Crippen LogP contribution in [0.2, 0.25) is 0 Å². The van der Waals surface area contributed by atoms with E-state index in [0.717, 1.165) is 26.1 Å². The second kappa shape index (κ2) is 7.25. The Morgan fingerprint density at radius 2 is 2.26 bits per heavy atom. The molecule has 0 atom stereocenters. The first-order valence-corrected chi connectivity index (χ1v) is 7.51. The molecule has 0 saturated carbocycles. The van der Waals surface area contributed by atoms with Crippen LogP contribution in [0.15, 0.2) is 21.9 Å². The minimum absolute atomic E-state index is 0.601. The van der Waals surface area contributed by atoms with Gasteiger partial charge in [-0.05, 0) is 31.3 Å². The van der Waals surface area contributed by atoms with E-state index in [9.17, 15) is 0 Å². The summed E-state index contributed by atoms with van der Waals surface area (Å²) < 4.78 is 5.68. The van der Waals surface area contributed by atoms with Gasteiger partial charge in [0, 0.05) is 11.4 Å². The van der Waals surface area contributed by atoms with Crippen LogP contribution in [0.1, 0.15) is 31.0 Å². The standard InChI is InChI=1S/C13H20N4OS/c1-3-7-14-9-12-15-16-13(18-12)17(4-2)10-11-6-5-8-19-11/h5-6,8,14H,3-4,7,9-10H2,1-2H3. The van der Waals surface area contributed by atoms with Crippen LogP contribution < -0.4 is 10.2 Å². The quantitative estimate of drug-likeness (QED) is 0.753. The number of hydrogen-bond donors (Lipinski definition) is 1. The first-order valence-electron chi connectivity index (χ1n) is 6.64. The Balaban J connectivity index is 1.94. The average Bonchev–Trinajstić information content (AvgIpc) is 3.07. The van der Waals surface area contributed by atoms with Gasteiger partial charge in [0.15, 0.2) is 0 Å². The van der Waals surface area contributed by atoms with Crippen molar-refractivity contribution in [1.82, 2.24) is 15.5 Å². The third-order valence-electron chi connectivity index (χ3n) is 2.74. The second-order valence-electron chi connectivity index (χ2n) is 4.25. The maximum Gasteiger partial charge on any atom is 0.318 e. The summed E-state index contributed by atoms with van der Waals surface area (Å²) >= 11 is 1.74. The third-order valence-corrected chi connectivity index (χ3v) is 3.60. The van der Waals surface area contributed by atoms with Gasteiger partial charge in [0.1, 0.15) is 0 Å². The lowest BCUT2D eigenvalue weighted by Gasteiger charge is -2.16. The van der Waals surface area contributed by atoms with Gasteiger partial charge in [0.2, 0.25) is 5.89 Å². The van der Waals surface area contributed by atoms with Crippen LogP contribution in [0.4, 0.5) is 6.01 Å². The van der Waals surface area contributed by atoms with E-state index in [-0.39, 0.29) is 0 Å². The van der Waals surface area contributed by atoms with Crippen molar-refractivity contribution in [1.29, 1.82) is 0 Å². The normalized spacial score (nSPS) is 10.8. The van der Waals surface area contributed by atoms with E-state index >= 15 is 0 Å². The molecule has 0 unspecified atom stereocenters. The lowest BCUT2D eigenvalue weighted by molar-refractivity contribution is 0.461. The highest BCUT2D eigenvalue weighted by atomic mass is 32.1. The lowest BCUT2D eigenvalue weighted by Crippen LogP contribution is -2.21. The van der Waals surface area contributed by atoms with Crippen LogP contribution in [0, 0.1) is 0 Å². The van der Waals surface area contributed by atoms with Crippen molar-refractivity contribution in [2.75, 3.05) is 18.0 Å². The molecule has 0 amide bonds. The molecule has 6 heteroatoms. The Bertz CT molecular complexity index is 469. The highest BCUT2D eigenvalue weighted by molar-refractivity contribution is 7.09. The summed E-state index contributed by atoms with van der Waals surface area (Å²) in [4.78, 5) is 3.38. The fourth-order valence-electron chi connectivity index (χ4n) is 1.72. The number of anilines is 1. The first kappa shape index (κ1) is 14.0. The second-order valence-corrected chi connectivity index (χ2v) is 5.28. The Labute approximate surface area is 117 Å². The van der Waals surface area contributed by atoms with Crippen molar-refractivity contribution in [3.05, 3.63) is 28.3 Å². The minimum Gasteiger partial charge on any atom is -0.407 e. The molecule has 2 aromatic heterocycles.